The summed E-state index contributed by atoms with van der Waals surface area (Å²) >= 11 is 0. The molecule has 0 bridgehead atoms. The van der Waals surface area contributed by atoms with Crippen LogP contribution in [-0.4, -0.2) is 55.0 Å². The molecule has 0 aromatic heterocycles. The first kappa shape index (κ1) is 21.2. The van der Waals surface area contributed by atoms with E-state index >= 15 is 0 Å². The van der Waals surface area contributed by atoms with Crippen molar-refractivity contribution in [3.63, 3.8) is 0 Å². The van der Waals surface area contributed by atoms with Gasteiger partial charge in [-0.2, -0.15) is 0 Å². The molecule has 3 heterocycles. The molecule has 3 aliphatic rings. The first-order valence-electron chi connectivity index (χ1n) is 11.5. The smallest absolute Gasteiger partial charge is 0.232 e. The Morgan fingerprint density at radius 3 is 2.81 bits per heavy atom. The average Bonchev–Trinajstić information content (AvgIpc) is 3.34. The van der Waals surface area contributed by atoms with Gasteiger partial charge in [0.15, 0.2) is 0 Å². The highest BCUT2D eigenvalue weighted by Crippen LogP contribution is 2.37. The highest BCUT2D eigenvalue weighted by atomic mass is 16.5. The van der Waals surface area contributed by atoms with Crippen LogP contribution in [0.3, 0.4) is 0 Å². The summed E-state index contributed by atoms with van der Waals surface area (Å²) < 4.78 is 5.58. The van der Waals surface area contributed by atoms with E-state index in [-0.39, 0.29) is 17.7 Å². The minimum Gasteiger partial charge on any atom is -0.384 e. The lowest BCUT2D eigenvalue weighted by Gasteiger charge is -2.36. The SMILES string of the molecule is COCC1(C(=O)N2CCc3ccccc3C2)CCN(Cc2ccc3c(c2)C(C)C(=O)N3)C1. The largest absolute Gasteiger partial charge is 0.384 e. The van der Waals surface area contributed by atoms with Gasteiger partial charge in [0.25, 0.3) is 0 Å². The number of hydrogen-bond donors (Lipinski definition) is 1. The van der Waals surface area contributed by atoms with Crippen LogP contribution in [0.25, 0.3) is 0 Å². The first-order valence-corrected chi connectivity index (χ1v) is 11.5. The molecule has 6 heteroatoms. The van der Waals surface area contributed by atoms with Crippen molar-refractivity contribution in [3.8, 4) is 0 Å². The molecule has 3 aliphatic heterocycles. The van der Waals surface area contributed by atoms with E-state index in [9.17, 15) is 9.59 Å². The number of methoxy groups -OCH3 is 1. The third-order valence-corrected chi connectivity index (χ3v) is 7.36. The number of nitrogens with zero attached hydrogens (tertiary/aromatic N) is 2. The Morgan fingerprint density at radius 2 is 2.00 bits per heavy atom. The van der Waals surface area contributed by atoms with E-state index in [0.717, 1.165) is 43.7 Å². The van der Waals surface area contributed by atoms with Crippen molar-refractivity contribution in [1.82, 2.24) is 9.80 Å². The van der Waals surface area contributed by atoms with E-state index in [2.05, 4.69) is 46.6 Å². The number of anilines is 1. The molecule has 0 radical (unpaired) electrons. The van der Waals surface area contributed by atoms with Gasteiger partial charge in [-0.25, -0.2) is 0 Å². The van der Waals surface area contributed by atoms with E-state index in [0.29, 0.717) is 19.7 Å². The summed E-state index contributed by atoms with van der Waals surface area (Å²) in [6.45, 7) is 6.18. The maximum absolute atomic E-state index is 13.7. The zero-order valence-electron chi connectivity index (χ0n) is 18.9. The molecule has 168 valence electrons. The molecule has 6 nitrogen and oxygen atoms in total. The lowest BCUT2D eigenvalue weighted by Crippen LogP contribution is -2.49. The molecule has 2 unspecified atom stereocenters. The van der Waals surface area contributed by atoms with Gasteiger partial charge in [-0.3, -0.25) is 14.5 Å². The van der Waals surface area contributed by atoms with Crippen LogP contribution < -0.4 is 5.32 Å². The maximum Gasteiger partial charge on any atom is 0.232 e. The van der Waals surface area contributed by atoms with Gasteiger partial charge >= 0.3 is 0 Å². The first-order chi connectivity index (χ1) is 15.5. The zero-order valence-corrected chi connectivity index (χ0v) is 18.9. The fourth-order valence-corrected chi connectivity index (χ4v) is 5.55. The number of ether oxygens (including phenoxy) is 1. The number of carbonyl (C=O) groups excluding carboxylic acids is 2. The number of nitrogens with one attached hydrogen (secondary N) is 1. The Kier molecular flexibility index (Phi) is 5.51. The topological polar surface area (TPSA) is 61.9 Å². The Bertz CT molecular complexity index is 1050. The summed E-state index contributed by atoms with van der Waals surface area (Å²) in [6, 6.07) is 14.6. The van der Waals surface area contributed by atoms with Crippen molar-refractivity contribution >= 4 is 17.5 Å². The van der Waals surface area contributed by atoms with Crippen LogP contribution in [0.4, 0.5) is 5.69 Å². The van der Waals surface area contributed by atoms with E-state index in [4.69, 9.17) is 4.74 Å². The summed E-state index contributed by atoms with van der Waals surface area (Å²) in [6.07, 6.45) is 1.72. The number of carbonyl (C=O) groups is 2. The van der Waals surface area contributed by atoms with Gasteiger partial charge in [0.05, 0.1) is 17.9 Å². The molecule has 2 aromatic carbocycles. The van der Waals surface area contributed by atoms with Crippen LogP contribution >= 0.6 is 0 Å². The molecule has 0 spiro atoms. The molecule has 1 saturated heterocycles. The molecule has 2 aromatic rings. The molecule has 0 saturated carbocycles. The standard InChI is InChI=1S/C26H31N3O3/c1-18-22-13-19(7-8-23(22)27-24(18)30)14-28-12-10-26(16-28,17-32-2)25(31)29-11-9-20-5-3-4-6-21(20)15-29/h3-8,13,18H,9-12,14-17H2,1-2H3,(H,27,30). The number of fused-ring (bicyclic) bond motifs is 2. The van der Waals surface area contributed by atoms with Crippen LogP contribution in [0.15, 0.2) is 42.5 Å². The normalized spacial score (nSPS) is 24.9. The fraction of sp³-hybridized carbons (Fsp3) is 0.462. The lowest BCUT2D eigenvalue weighted by atomic mass is 9.85. The second-order valence-corrected chi connectivity index (χ2v) is 9.55. The minimum absolute atomic E-state index is 0.0612. The van der Waals surface area contributed by atoms with Crippen molar-refractivity contribution in [3.05, 3.63) is 64.7 Å². The Labute approximate surface area is 189 Å². The van der Waals surface area contributed by atoms with Crippen molar-refractivity contribution in [2.45, 2.75) is 38.8 Å². The fourth-order valence-electron chi connectivity index (χ4n) is 5.55. The minimum atomic E-state index is -0.497. The van der Waals surface area contributed by atoms with Gasteiger partial charge in [-0.05, 0) is 54.6 Å². The predicted octanol–water partition coefficient (Wildman–Crippen LogP) is 3.17. The van der Waals surface area contributed by atoms with Crippen molar-refractivity contribution in [2.75, 3.05) is 38.7 Å². The Morgan fingerprint density at radius 1 is 1.19 bits per heavy atom. The number of amides is 2. The van der Waals surface area contributed by atoms with Gasteiger partial charge in [-0.15, -0.1) is 0 Å². The summed E-state index contributed by atoms with van der Waals surface area (Å²) in [7, 11) is 1.69. The van der Waals surface area contributed by atoms with E-state index < -0.39 is 5.41 Å². The third kappa shape index (κ3) is 3.71. The van der Waals surface area contributed by atoms with Crippen molar-refractivity contribution in [1.29, 1.82) is 0 Å². The van der Waals surface area contributed by atoms with Crippen molar-refractivity contribution in [2.24, 2.45) is 5.41 Å². The third-order valence-electron chi connectivity index (χ3n) is 7.36. The van der Waals surface area contributed by atoms with E-state index in [1.807, 2.05) is 17.9 Å². The monoisotopic (exact) mass is 433 g/mol. The second-order valence-electron chi connectivity index (χ2n) is 9.55. The van der Waals surface area contributed by atoms with Gasteiger partial charge in [-0.1, -0.05) is 36.4 Å². The van der Waals surface area contributed by atoms with Crippen LogP contribution in [0.5, 0.6) is 0 Å². The Balaban J connectivity index is 1.30. The molecule has 2 amide bonds. The van der Waals surface area contributed by atoms with Crippen LogP contribution in [-0.2, 0) is 33.8 Å². The molecular formula is C26H31N3O3. The summed E-state index contributed by atoms with van der Waals surface area (Å²) in [5.41, 5.74) is 5.27. The number of rotatable bonds is 5. The molecule has 5 rings (SSSR count). The lowest BCUT2D eigenvalue weighted by molar-refractivity contribution is -0.145. The maximum atomic E-state index is 13.7. The summed E-state index contributed by atoms with van der Waals surface area (Å²) in [5.74, 6) is 0.166. The molecule has 1 N–H and O–H groups in total. The predicted molar refractivity (Wildman–Crippen MR) is 123 cm³/mol. The highest BCUT2D eigenvalue weighted by Gasteiger charge is 2.47. The number of likely N-dealkylation sites (tertiary alicyclic amines) is 1. The molecule has 2 atom stereocenters. The molecule has 1 fully saturated rings. The Hall–Kier alpha value is -2.70. The average molecular weight is 434 g/mol. The van der Waals surface area contributed by atoms with Crippen LogP contribution in [0, 0.1) is 5.41 Å². The second kappa shape index (κ2) is 8.34. The quantitative estimate of drug-likeness (QED) is 0.787. The summed E-state index contributed by atoms with van der Waals surface area (Å²) in [5, 5.41) is 2.94. The van der Waals surface area contributed by atoms with Crippen LogP contribution in [0.1, 0.15) is 41.5 Å². The molecule has 32 heavy (non-hydrogen) atoms. The van der Waals surface area contributed by atoms with E-state index in [1.165, 1.54) is 16.7 Å². The van der Waals surface area contributed by atoms with Gasteiger partial charge < -0.3 is 15.0 Å². The number of benzene rings is 2. The van der Waals surface area contributed by atoms with Gasteiger partial charge in [0.2, 0.25) is 11.8 Å². The molecule has 0 aliphatic carbocycles. The van der Waals surface area contributed by atoms with Gasteiger partial charge in [0, 0.05) is 39.0 Å². The summed E-state index contributed by atoms with van der Waals surface area (Å²) in [4.78, 5) is 30.1. The number of hydrogen-bond acceptors (Lipinski definition) is 4. The van der Waals surface area contributed by atoms with Crippen molar-refractivity contribution < 1.29 is 14.3 Å². The zero-order chi connectivity index (χ0) is 22.3. The highest BCUT2D eigenvalue weighted by molar-refractivity contribution is 6.02. The van der Waals surface area contributed by atoms with E-state index in [1.54, 1.807) is 7.11 Å². The van der Waals surface area contributed by atoms with Crippen LogP contribution in [0.2, 0.25) is 0 Å². The molecular weight excluding hydrogens is 402 g/mol. The van der Waals surface area contributed by atoms with Gasteiger partial charge in [0.1, 0.15) is 0 Å².